The fourth-order valence-electron chi connectivity index (χ4n) is 2.55. The van der Waals surface area contributed by atoms with E-state index in [0.717, 1.165) is 18.0 Å². The van der Waals surface area contributed by atoms with Gasteiger partial charge in [-0.15, -0.1) is 12.4 Å². The van der Waals surface area contributed by atoms with Gasteiger partial charge in [0, 0.05) is 23.8 Å². The molecule has 1 aliphatic heterocycles. The van der Waals surface area contributed by atoms with Crippen LogP contribution in [0, 0.1) is 11.3 Å². The van der Waals surface area contributed by atoms with Crippen molar-refractivity contribution in [2.75, 3.05) is 13.2 Å². The molecule has 0 unspecified atom stereocenters. The third-order valence-electron chi connectivity index (χ3n) is 3.72. The predicted octanol–water partition coefficient (Wildman–Crippen LogP) is 2.43. The molecule has 0 bridgehead atoms. The summed E-state index contributed by atoms with van der Waals surface area (Å²) in [6.45, 7) is 2.10. The lowest BCUT2D eigenvalue weighted by atomic mass is 10.1. The molecule has 0 aliphatic carbocycles. The van der Waals surface area contributed by atoms with Crippen LogP contribution in [0.4, 0.5) is 0 Å². The molecule has 7 heteroatoms. The smallest absolute Gasteiger partial charge is 0.102 e. The zero-order valence-corrected chi connectivity index (χ0v) is 14.1. The van der Waals surface area contributed by atoms with Crippen LogP contribution in [0.25, 0.3) is 0 Å². The first-order valence-corrected chi connectivity index (χ1v) is 7.63. The number of halogens is 2. The second-order valence-electron chi connectivity index (χ2n) is 5.45. The molecule has 2 heterocycles. The maximum atomic E-state index is 8.79. The molecule has 1 fully saturated rings. The van der Waals surface area contributed by atoms with Gasteiger partial charge in [0.05, 0.1) is 31.0 Å². The van der Waals surface area contributed by atoms with E-state index in [2.05, 4.69) is 16.5 Å². The monoisotopic (exact) mass is 352 g/mol. The molecule has 0 saturated carbocycles. The van der Waals surface area contributed by atoms with Gasteiger partial charge in [0.2, 0.25) is 0 Å². The van der Waals surface area contributed by atoms with Gasteiger partial charge < -0.3 is 10.1 Å². The summed E-state index contributed by atoms with van der Waals surface area (Å²) in [6.07, 6.45) is 4.31. The van der Waals surface area contributed by atoms with Gasteiger partial charge in [0.1, 0.15) is 6.07 Å². The molecule has 122 valence electrons. The number of nitrogens with one attached hydrogen (secondary N) is 1. The van der Waals surface area contributed by atoms with Crippen LogP contribution in [0.5, 0.6) is 0 Å². The number of nitriles is 1. The van der Waals surface area contributed by atoms with Crippen molar-refractivity contribution in [2.45, 2.75) is 25.1 Å². The Morgan fingerprint density at radius 2 is 2.17 bits per heavy atom. The largest absolute Gasteiger partial charge is 0.373 e. The van der Waals surface area contributed by atoms with Gasteiger partial charge in [0.25, 0.3) is 0 Å². The molecule has 3 rings (SSSR count). The average molecular weight is 353 g/mol. The van der Waals surface area contributed by atoms with Crippen LogP contribution >= 0.6 is 24.0 Å². The normalized spacial score (nSPS) is 20.5. The number of hydrogen-bond donors (Lipinski definition) is 1. The standard InChI is InChI=1S/C16H17ClN4O.ClH/c17-14-3-1-12(2-4-14)5-15-11-22-16(8-19-15)10-21-9-13(6-18)7-20-21;/h1-4,7,9,15-16,19H,5,8,10-11H2;1H/t15-,16+;/m0./s1. The molecule has 0 amide bonds. The van der Waals surface area contributed by atoms with E-state index in [9.17, 15) is 0 Å². The first-order chi connectivity index (χ1) is 10.7. The molecule has 0 spiro atoms. The Balaban J connectivity index is 0.00000192. The highest BCUT2D eigenvalue weighted by atomic mass is 35.5. The van der Waals surface area contributed by atoms with Gasteiger partial charge in [0.15, 0.2) is 0 Å². The molecule has 2 aromatic rings. The Morgan fingerprint density at radius 1 is 1.39 bits per heavy atom. The van der Waals surface area contributed by atoms with E-state index in [0.29, 0.717) is 24.8 Å². The zero-order chi connectivity index (χ0) is 15.4. The van der Waals surface area contributed by atoms with Crippen LogP contribution in [0.2, 0.25) is 5.02 Å². The summed E-state index contributed by atoms with van der Waals surface area (Å²) >= 11 is 5.89. The van der Waals surface area contributed by atoms with Crippen LogP contribution in [-0.2, 0) is 17.7 Å². The molecule has 5 nitrogen and oxygen atoms in total. The van der Waals surface area contributed by atoms with Crippen molar-refractivity contribution in [3.8, 4) is 6.07 Å². The highest BCUT2D eigenvalue weighted by molar-refractivity contribution is 6.30. The summed E-state index contributed by atoms with van der Waals surface area (Å²) in [7, 11) is 0. The molecule has 1 aromatic heterocycles. The molecule has 2 atom stereocenters. The Labute approximate surface area is 146 Å². The van der Waals surface area contributed by atoms with Crippen LogP contribution < -0.4 is 5.32 Å². The van der Waals surface area contributed by atoms with Crippen LogP contribution in [-0.4, -0.2) is 35.1 Å². The zero-order valence-electron chi connectivity index (χ0n) is 12.5. The maximum Gasteiger partial charge on any atom is 0.102 e. The minimum absolute atomic E-state index is 0. The quantitative estimate of drug-likeness (QED) is 0.917. The third-order valence-corrected chi connectivity index (χ3v) is 3.97. The lowest BCUT2D eigenvalue weighted by molar-refractivity contribution is -0.00646. The van der Waals surface area contributed by atoms with Gasteiger partial charge >= 0.3 is 0 Å². The van der Waals surface area contributed by atoms with E-state index in [-0.39, 0.29) is 18.5 Å². The molecule has 0 radical (unpaired) electrons. The fourth-order valence-corrected chi connectivity index (χ4v) is 2.68. The number of nitrogens with zero attached hydrogens (tertiary/aromatic N) is 3. The molecule has 1 aromatic carbocycles. The highest BCUT2D eigenvalue weighted by Crippen LogP contribution is 2.13. The molecule has 23 heavy (non-hydrogen) atoms. The number of ether oxygens (including phenoxy) is 1. The van der Waals surface area contributed by atoms with Crippen LogP contribution in [0.3, 0.4) is 0 Å². The van der Waals surface area contributed by atoms with Crippen LogP contribution in [0.1, 0.15) is 11.1 Å². The Bertz CT molecular complexity index is 657. The van der Waals surface area contributed by atoms with Gasteiger partial charge in [-0.05, 0) is 24.1 Å². The van der Waals surface area contributed by atoms with Crippen molar-refractivity contribution >= 4 is 24.0 Å². The predicted molar refractivity (Wildman–Crippen MR) is 90.9 cm³/mol. The average Bonchev–Trinajstić information content (AvgIpc) is 2.99. The minimum Gasteiger partial charge on any atom is -0.373 e. The third kappa shape index (κ3) is 4.95. The van der Waals surface area contributed by atoms with E-state index < -0.39 is 0 Å². The number of benzene rings is 1. The van der Waals surface area contributed by atoms with Crippen molar-refractivity contribution in [2.24, 2.45) is 0 Å². The molecular formula is C16H18Cl2N4O. The first kappa shape index (κ1) is 17.8. The summed E-state index contributed by atoms with van der Waals surface area (Å²) in [6, 6.07) is 10.3. The highest BCUT2D eigenvalue weighted by Gasteiger charge is 2.21. The topological polar surface area (TPSA) is 62.9 Å². The first-order valence-electron chi connectivity index (χ1n) is 7.25. The minimum atomic E-state index is 0. The summed E-state index contributed by atoms with van der Waals surface area (Å²) in [5, 5.41) is 17.2. The molecule has 1 saturated heterocycles. The lowest BCUT2D eigenvalue weighted by Gasteiger charge is -2.30. The van der Waals surface area contributed by atoms with Crippen molar-refractivity contribution in [3.05, 3.63) is 52.8 Å². The van der Waals surface area contributed by atoms with E-state index >= 15 is 0 Å². The summed E-state index contributed by atoms with van der Waals surface area (Å²) < 4.78 is 7.66. The second-order valence-corrected chi connectivity index (χ2v) is 5.89. The van der Waals surface area contributed by atoms with Gasteiger partial charge in [-0.3, -0.25) is 4.68 Å². The lowest BCUT2D eigenvalue weighted by Crippen LogP contribution is -2.48. The van der Waals surface area contributed by atoms with Gasteiger partial charge in [-0.25, -0.2) is 0 Å². The summed E-state index contributed by atoms with van der Waals surface area (Å²) in [4.78, 5) is 0. The number of hydrogen-bond acceptors (Lipinski definition) is 4. The molecular weight excluding hydrogens is 335 g/mol. The number of aromatic nitrogens is 2. The summed E-state index contributed by atoms with van der Waals surface area (Å²) in [5.74, 6) is 0. The van der Waals surface area contributed by atoms with Crippen LogP contribution in [0.15, 0.2) is 36.7 Å². The van der Waals surface area contributed by atoms with Gasteiger partial charge in [-0.1, -0.05) is 23.7 Å². The van der Waals surface area contributed by atoms with Gasteiger partial charge in [-0.2, -0.15) is 10.4 Å². The molecule has 1 aliphatic rings. The fraction of sp³-hybridized carbons (Fsp3) is 0.375. The summed E-state index contributed by atoms with van der Waals surface area (Å²) in [5.41, 5.74) is 1.82. The number of morpholine rings is 1. The van der Waals surface area contributed by atoms with Crippen molar-refractivity contribution < 1.29 is 4.74 Å². The maximum absolute atomic E-state index is 8.79. The van der Waals surface area contributed by atoms with E-state index in [1.165, 1.54) is 5.56 Å². The van der Waals surface area contributed by atoms with Crippen molar-refractivity contribution in [1.29, 1.82) is 5.26 Å². The number of rotatable bonds is 4. The molecule has 1 N–H and O–H groups in total. The Kier molecular flexibility index (Phi) is 6.43. The van der Waals surface area contributed by atoms with E-state index in [1.807, 2.05) is 24.3 Å². The Hall–Kier alpha value is -1.58. The van der Waals surface area contributed by atoms with Crippen molar-refractivity contribution in [1.82, 2.24) is 15.1 Å². The SMILES string of the molecule is Cl.N#Cc1cnn(C[C@H]2CN[C@@H](Cc3ccc(Cl)cc3)CO2)c1. The Morgan fingerprint density at radius 3 is 2.78 bits per heavy atom. The van der Waals surface area contributed by atoms with E-state index in [1.54, 1.807) is 17.1 Å². The van der Waals surface area contributed by atoms with Crippen molar-refractivity contribution in [3.63, 3.8) is 0 Å². The second kappa shape index (κ2) is 8.32. The van der Waals surface area contributed by atoms with E-state index in [4.69, 9.17) is 21.6 Å².